The summed E-state index contributed by atoms with van der Waals surface area (Å²) in [5, 5.41) is 3.45. The maximum Gasteiger partial charge on any atom is 0.252 e. The number of halogens is 2. The van der Waals surface area contributed by atoms with E-state index in [1.165, 1.54) is 0 Å². The molecule has 6 heteroatoms. The lowest BCUT2D eigenvalue weighted by atomic mass is 10.1. The Balaban J connectivity index is 1.97. The fraction of sp³-hybridized carbons (Fsp3) is 0.235. The Labute approximate surface area is 145 Å². The van der Waals surface area contributed by atoms with Gasteiger partial charge in [0.2, 0.25) is 0 Å². The summed E-state index contributed by atoms with van der Waals surface area (Å²) in [6.07, 6.45) is 0.657. The molecule has 0 heterocycles. The van der Waals surface area contributed by atoms with Crippen molar-refractivity contribution in [2.24, 2.45) is 0 Å². The third-order valence-corrected chi connectivity index (χ3v) is 4.16. The van der Waals surface area contributed by atoms with Crippen molar-refractivity contribution in [1.82, 2.24) is 5.32 Å². The molecular formula is C17H17Cl2NO3. The largest absolute Gasteiger partial charge is 0.493 e. The van der Waals surface area contributed by atoms with E-state index in [4.69, 9.17) is 32.7 Å². The van der Waals surface area contributed by atoms with Gasteiger partial charge in [-0.15, -0.1) is 0 Å². The lowest BCUT2D eigenvalue weighted by Crippen LogP contribution is -2.26. The SMILES string of the molecule is COc1ccc(CCNC(=O)c2cccc(Cl)c2Cl)cc1OC. The van der Waals surface area contributed by atoms with E-state index < -0.39 is 0 Å². The van der Waals surface area contributed by atoms with Crippen molar-refractivity contribution in [3.63, 3.8) is 0 Å². The lowest BCUT2D eigenvalue weighted by Gasteiger charge is -2.10. The molecule has 2 aromatic carbocycles. The number of rotatable bonds is 6. The van der Waals surface area contributed by atoms with Gasteiger partial charge in [0.05, 0.1) is 29.8 Å². The van der Waals surface area contributed by atoms with Gasteiger partial charge < -0.3 is 14.8 Å². The Bertz CT molecular complexity index is 704. The summed E-state index contributed by atoms with van der Waals surface area (Å²) in [5.74, 6) is 1.08. The van der Waals surface area contributed by atoms with Crippen LogP contribution in [0, 0.1) is 0 Å². The van der Waals surface area contributed by atoms with E-state index in [1.54, 1.807) is 32.4 Å². The summed E-state index contributed by atoms with van der Waals surface area (Å²) >= 11 is 11.9. The number of ether oxygens (including phenoxy) is 2. The Morgan fingerprint density at radius 3 is 2.52 bits per heavy atom. The normalized spacial score (nSPS) is 10.3. The average molecular weight is 354 g/mol. The second-order valence-electron chi connectivity index (χ2n) is 4.80. The Hall–Kier alpha value is -1.91. The fourth-order valence-corrected chi connectivity index (χ4v) is 2.52. The van der Waals surface area contributed by atoms with E-state index >= 15 is 0 Å². The maximum absolute atomic E-state index is 12.1. The zero-order chi connectivity index (χ0) is 16.8. The van der Waals surface area contributed by atoms with Gasteiger partial charge in [0.1, 0.15) is 0 Å². The number of hydrogen-bond acceptors (Lipinski definition) is 3. The molecule has 0 atom stereocenters. The third-order valence-electron chi connectivity index (χ3n) is 3.34. The van der Waals surface area contributed by atoms with Crippen molar-refractivity contribution in [3.8, 4) is 11.5 Å². The topological polar surface area (TPSA) is 47.6 Å². The molecule has 0 radical (unpaired) electrons. The van der Waals surface area contributed by atoms with Crippen LogP contribution in [0.2, 0.25) is 10.0 Å². The zero-order valence-electron chi connectivity index (χ0n) is 12.9. The minimum Gasteiger partial charge on any atom is -0.493 e. The zero-order valence-corrected chi connectivity index (χ0v) is 14.4. The first-order valence-corrected chi connectivity index (χ1v) is 7.75. The molecule has 0 aliphatic heterocycles. The first-order valence-electron chi connectivity index (χ1n) is 7.00. The highest BCUT2D eigenvalue weighted by Gasteiger charge is 2.12. The van der Waals surface area contributed by atoms with Crippen molar-refractivity contribution in [3.05, 3.63) is 57.6 Å². The minimum absolute atomic E-state index is 0.252. The molecular weight excluding hydrogens is 337 g/mol. The monoisotopic (exact) mass is 353 g/mol. The van der Waals surface area contributed by atoms with Crippen molar-refractivity contribution in [2.75, 3.05) is 20.8 Å². The van der Waals surface area contributed by atoms with E-state index in [0.717, 1.165) is 5.56 Å². The van der Waals surface area contributed by atoms with Crippen molar-refractivity contribution >= 4 is 29.1 Å². The number of carbonyl (C=O) groups is 1. The highest BCUT2D eigenvalue weighted by Crippen LogP contribution is 2.28. The molecule has 1 amide bonds. The number of methoxy groups -OCH3 is 2. The van der Waals surface area contributed by atoms with Gasteiger partial charge in [0, 0.05) is 6.54 Å². The van der Waals surface area contributed by atoms with Crippen LogP contribution in [-0.2, 0) is 6.42 Å². The lowest BCUT2D eigenvalue weighted by molar-refractivity contribution is 0.0954. The van der Waals surface area contributed by atoms with Gasteiger partial charge in [-0.2, -0.15) is 0 Å². The predicted octanol–water partition coefficient (Wildman–Crippen LogP) is 3.98. The Kier molecular flexibility index (Phi) is 6.13. The van der Waals surface area contributed by atoms with Gasteiger partial charge in [0.15, 0.2) is 11.5 Å². The standard InChI is InChI=1S/C17H17Cl2NO3/c1-22-14-7-6-11(10-15(14)23-2)8-9-20-17(21)12-4-3-5-13(18)16(12)19/h3-7,10H,8-9H2,1-2H3,(H,20,21). The van der Waals surface area contributed by atoms with Crippen molar-refractivity contribution in [1.29, 1.82) is 0 Å². The summed E-state index contributed by atoms with van der Waals surface area (Å²) in [6, 6.07) is 10.6. The Morgan fingerprint density at radius 2 is 1.83 bits per heavy atom. The predicted molar refractivity (Wildman–Crippen MR) is 92.0 cm³/mol. The van der Waals surface area contributed by atoms with Crippen molar-refractivity contribution in [2.45, 2.75) is 6.42 Å². The molecule has 0 saturated carbocycles. The maximum atomic E-state index is 12.1. The molecule has 0 unspecified atom stereocenters. The van der Waals surface area contributed by atoms with Crippen LogP contribution < -0.4 is 14.8 Å². The summed E-state index contributed by atoms with van der Waals surface area (Å²) in [5.41, 5.74) is 1.40. The van der Waals surface area contributed by atoms with Crippen LogP contribution in [0.3, 0.4) is 0 Å². The van der Waals surface area contributed by atoms with E-state index in [1.807, 2.05) is 18.2 Å². The molecule has 4 nitrogen and oxygen atoms in total. The number of amides is 1. The molecule has 0 bridgehead atoms. The van der Waals surface area contributed by atoms with E-state index in [2.05, 4.69) is 5.32 Å². The number of hydrogen-bond donors (Lipinski definition) is 1. The summed E-state index contributed by atoms with van der Waals surface area (Å²) < 4.78 is 10.5. The van der Waals surface area contributed by atoms with Gasteiger partial charge in [-0.3, -0.25) is 4.79 Å². The van der Waals surface area contributed by atoms with Gasteiger partial charge in [0.25, 0.3) is 5.91 Å². The first-order chi connectivity index (χ1) is 11.1. The van der Waals surface area contributed by atoms with E-state index in [0.29, 0.717) is 35.1 Å². The molecule has 0 aliphatic carbocycles. The van der Waals surface area contributed by atoms with Crippen LogP contribution in [0.5, 0.6) is 11.5 Å². The minimum atomic E-state index is -0.252. The van der Waals surface area contributed by atoms with E-state index in [9.17, 15) is 4.79 Å². The molecule has 0 fully saturated rings. The molecule has 1 N–H and O–H groups in total. The van der Waals surface area contributed by atoms with E-state index in [-0.39, 0.29) is 10.9 Å². The molecule has 2 rings (SSSR count). The third kappa shape index (κ3) is 4.30. The molecule has 0 aromatic heterocycles. The van der Waals surface area contributed by atoms with Crippen LogP contribution >= 0.6 is 23.2 Å². The molecule has 0 saturated heterocycles. The summed E-state index contributed by atoms with van der Waals surface area (Å²) in [4.78, 5) is 12.1. The number of benzene rings is 2. The smallest absolute Gasteiger partial charge is 0.252 e. The first kappa shape index (κ1) is 17.4. The number of nitrogens with one attached hydrogen (secondary N) is 1. The molecule has 0 aliphatic rings. The second-order valence-corrected chi connectivity index (χ2v) is 5.58. The highest BCUT2D eigenvalue weighted by atomic mass is 35.5. The summed E-state index contributed by atoms with van der Waals surface area (Å²) in [7, 11) is 3.18. The van der Waals surface area contributed by atoms with Gasteiger partial charge in [-0.05, 0) is 36.2 Å². The second kappa shape index (κ2) is 8.09. The van der Waals surface area contributed by atoms with Gasteiger partial charge in [-0.1, -0.05) is 35.3 Å². The van der Waals surface area contributed by atoms with Gasteiger partial charge in [-0.25, -0.2) is 0 Å². The number of carbonyl (C=O) groups excluding carboxylic acids is 1. The summed E-state index contributed by atoms with van der Waals surface area (Å²) in [6.45, 7) is 0.469. The van der Waals surface area contributed by atoms with Crippen LogP contribution in [-0.4, -0.2) is 26.7 Å². The van der Waals surface area contributed by atoms with Crippen LogP contribution in [0.1, 0.15) is 15.9 Å². The van der Waals surface area contributed by atoms with Gasteiger partial charge >= 0.3 is 0 Å². The average Bonchev–Trinajstić information content (AvgIpc) is 2.57. The van der Waals surface area contributed by atoms with Crippen LogP contribution in [0.25, 0.3) is 0 Å². The highest BCUT2D eigenvalue weighted by molar-refractivity contribution is 6.43. The quantitative estimate of drug-likeness (QED) is 0.854. The molecule has 2 aromatic rings. The van der Waals surface area contributed by atoms with Crippen molar-refractivity contribution < 1.29 is 14.3 Å². The Morgan fingerprint density at radius 1 is 1.09 bits per heavy atom. The molecule has 122 valence electrons. The van der Waals surface area contributed by atoms with Crippen LogP contribution in [0.4, 0.5) is 0 Å². The fourth-order valence-electron chi connectivity index (χ4n) is 2.13. The molecule has 23 heavy (non-hydrogen) atoms. The van der Waals surface area contributed by atoms with Crippen LogP contribution in [0.15, 0.2) is 36.4 Å². The molecule has 0 spiro atoms.